The predicted octanol–water partition coefficient (Wildman–Crippen LogP) is 4.52. The van der Waals surface area contributed by atoms with E-state index in [0.717, 1.165) is 22.3 Å². The first-order valence-corrected chi connectivity index (χ1v) is 11.9. The van der Waals surface area contributed by atoms with Crippen LogP contribution in [0.1, 0.15) is 27.9 Å². The Balaban J connectivity index is 1.50. The lowest BCUT2D eigenvalue weighted by atomic mass is 10.1. The molecule has 8 nitrogen and oxygen atoms in total. The van der Waals surface area contributed by atoms with Crippen LogP contribution in [-0.2, 0) is 16.0 Å². The van der Waals surface area contributed by atoms with Gasteiger partial charge >= 0.3 is 5.97 Å². The Morgan fingerprint density at radius 1 is 0.895 bits per heavy atom. The third-order valence-electron chi connectivity index (χ3n) is 5.77. The molecule has 0 N–H and O–H groups in total. The fourth-order valence-electron chi connectivity index (χ4n) is 3.97. The fourth-order valence-corrected chi connectivity index (χ4v) is 3.97. The number of nitrogens with zero attached hydrogens (tertiary/aromatic N) is 5. The molecule has 186 valence electrons. The molecule has 5 aromatic rings. The van der Waals surface area contributed by atoms with Crippen molar-refractivity contribution in [2.24, 2.45) is 0 Å². The van der Waals surface area contributed by atoms with Crippen LogP contribution in [0, 0.1) is 0 Å². The summed E-state index contributed by atoms with van der Waals surface area (Å²) in [7, 11) is 1.33. The number of fused-ring (bicyclic) bond motifs is 1. The molecule has 0 unspecified atom stereocenters. The van der Waals surface area contributed by atoms with Gasteiger partial charge in [-0.3, -0.25) is 19.3 Å². The summed E-state index contributed by atoms with van der Waals surface area (Å²) in [5.41, 5.74) is 5.42. The van der Waals surface area contributed by atoms with E-state index in [2.05, 4.69) is 24.7 Å². The molecule has 5 rings (SSSR count). The van der Waals surface area contributed by atoms with Crippen molar-refractivity contribution >= 4 is 35.4 Å². The number of carbonyl (C=O) groups excluding carboxylic acids is 1. The van der Waals surface area contributed by atoms with Crippen LogP contribution in [0.3, 0.4) is 0 Å². The highest BCUT2D eigenvalue weighted by atomic mass is 16.5. The van der Waals surface area contributed by atoms with E-state index < -0.39 is 5.97 Å². The van der Waals surface area contributed by atoms with Gasteiger partial charge in [0.05, 0.1) is 12.8 Å². The van der Waals surface area contributed by atoms with Crippen molar-refractivity contribution in [3.8, 4) is 5.69 Å². The van der Waals surface area contributed by atoms with Crippen LogP contribution in [0.2, 0.25) is 0 Å². The molecule has 0 spiro atoms. The van der Waals surface area contributed by atoms with E-state index in [1.807, 2.05) is 60.7 Å². The summed E-state index contributed by atoms with van der Waals surface area (Å²) in [5.74, 6) is -0.431. The van der Waals surface area contributed by atoms with E-state index in [1.165, 1.54) is 13.2 Å². The molecule has 0 saturated heterocycles. The number of carbonyl (C=O) groups is 1. The van der Waals surface area contributed by atoms with Crippen LogP contribution in [0.4, 0.5) is 0 Å². The number of esters is 1. The van der Waals surface area contributed by atoms with Gasteiger partial charge < -0.3 is 4.74 Å². The van der Waals surface area contributed by atoms with Crippen LogP contribution >= 0.6 is 0 Å². The highest BCUT2D eigenvalue weighted by molar-refractivity contribution is 5.87. The summed E-state index contributed by atoms with van der Waals surface area (Å²) in [6.45, 7) is 0. The lowest BCUT2D eigenvalue weighted by molar-refractivity contribution is -0.134. The molecule has 0 amide bonds. The molecule has 1 aromatic carbocycles. The number of methoxy groups -OCH3 is 1. The highest BCUT2D eigenvalue weighted by Gasteiger charge is 2.14. The Morgan fingerprint density at radius 2 is 1.71 bits per heavy atom. The van der Waals surface area contributed by atoms with Crippen molar-refractivity contribution in [3.05, 3.63) is 130 Å². The van der Waals surface area contributed by atoms with E-state index in [-0.39, 0.29) is 5.56 Å². The molecular weight excluding hydrogens is 478 g/mol. The number of benzene rings is 1. The van der Waals surface area contributed by atoms with Gasteiger partial charge in [0.25, 0.3) is 5.56 Å². The van der Waals surface area contributed by atoms with E-state index in [0.29, 0.717) is 29.0 Å². The van der Waals surface area contributed by atoms with Crippen LogP contribution in [-0.4, -0.2) is 37.6 Å². The van der Waals surface area contributed by atoms with Crippen LogP contribution < -0.4 is 5.56 Å². The number of ether oxygens (including phenoxy) is 1. The maximum atomic E-state index is 13.6. The molecule has 4 heterocycles. The first-order valence-electron chi connectivity index (χ1n) is 11.9. The molecule has 0 bridgehead atoms. The molecule has 0 saturated carbocycles. The van der Waals surface area contributed by atoms with Crippen molar-refractivity contribution < 1.29 is 9.53 Å². The third-order valence-corrected chi connectivity index (χ3v) is 5.77. The van der Waals surface area contributed by atoms with Crippen molar-refractivity contribution in [3.63, 3.8) is 0 Å². The summed E-state index contributed by atoms with van der Waals surface area (Å²) < 4.78 is 6.23. The zero-order valence-corrected chi connectivity index (χ0v) is 20.6. The van der Waals surface area contributed by atoms with E-state index in [1.54, 1.807) is 47.7 Å². The van der Waals surface area contributed by atoms with Crippen LogP contribution in [0.5, 0.6) is 0 Å². The predicted molar refractivity (Wildman–Crippen MR) is 146 cm³/mol. The topological polar surface area (TPSA) is 99.9 Å². The Morgan fingerprint density at radius 3 is 2.53 bits per heavy atom. The number of rotatable bonds is 7. The van der Waals surface area contributed by atoms with Gasteiger partial charge in [0.15, 0.2) is 5.65 Å². The molecule has 8 heteroatoms. The second-order valence-corrected chi connectivity index (χ2v) is 8.42. The van der Waals surface area contributed by atoms with Crippen LogP contribution in [0.15, 0.2) is 96.5 Å². The highest BCUT2D eigenvalue weighted by Crippen LogP contribution is 2.18. The van der Waals surface area contributed by atoms with E-state index in [9.17, 15) is 9.59 Å². The van der Waals surface area contributed by atoms with Crippen molar-refractivity contribution in [1.82, 2.24) is 24.5 Å². The Labute approximate surface area is 218 Å². The number of aromatic nitrogens is 5. The summed E-state index contributed by atoms with van der Waals surface area (Å²) in [5, 5.41) is 0. The lowest BCUT2D eigenvalue weighted by Crippen LogP contribution is -2.25. The molecule has 0 radical (unpaired) electrons. The zero-order chi connectivity index (χ0) is 26.3. The largest absolute Gasteiger partial charge is 0.466 e. The van der Waals surface area contributed by atoms with Gasteiger partial charge in [-0.05, 0) is 64.7 Å². The Kier molecular flexibility index (Phi) is 7.22. The summed E-state index contributed by atoms with van der Waals surface area (Å²) in [4.78, 5) is 42.5. The summed E-state index contributed by atoms with van der Waals surface area (Å²) in [6, 6.07) is 17.0. The van der Waals surface area contributed by atoms with Gasteiger partial charge in [-0.25, -0.2) is 14.8 Å². The zero-order valence-electron chi connectivity index (χ0n) is 20.6. The maximum Gasteiger partial charge on any atom is 0.330 e. The normalized spacial score (nSPS) is 11.4. The van der Waals surface area contributed by atoms with Gasteiger partial charge in [-0.2, -0.15) is 0 Å². The minimum absolute atomic E-state index is 0.226. The average molecular weight is 502 g/mol. The molecule has 4 aromatic heterocycles. The first kappa shape index (κ1) is 24.5. The minimum Gasteiger partial charge on any atom is -0.466 e. The Hall–Kier alpha value is -5.24. The van der Waals surface area contributed by atoms with Gasteiger partial charge in [-0.1, -0.05) is 30.4 Å². The molecule has 0 atom stereocenters. The van der Waals surface area contributed by atoms with Crippen molar-refractivity contribution in [1.29, 1.82) is 0 Å². The smallest absolute Gasteiger partial charge is 0.330 e. The quantitative estimate of drug-likeness (QED) is 0.239. The second-order valence-electron chi connectivity index (χ2n) is 8.42. The monoisotopic (exact) mass is 501 g/mol. The minimum atomic E-state index is -0.431. The van der Waals surface area contributed by atoms with E-state index in [4.69, 9.17) is 0 Å². The molecular formula is C30H23N5O3. The van der Waals surface area contributed by atoms with Gasteiger partial charge in [-0.15, -0.1) is 0 Å². The fraction of sp³-hybridized carbons (Fsp3) is 0.0667. The van der Waals surface area contributed by atoms with Crippen LogP contribution in [0.25, 0.3) is 35.1 Å². The van der Waals surface area contributed by atoms with Gasteiger partial charge in [0, 0.05) is 43.5 Å². The SMILES string of the molecule is COC(=O)/C=C/c1cncc(/C=C/c2cccc(-n3c(=O)c(Cc4cccnc4)nc4cccnc43)c2)c1. The van der Waals surface area contributed by atoms with Crippen molar-refractivity contribution in [2.75, 3.05) is 7.11 Å². The summed E-state index contributed by atoms with van der Waals surface area (Å²) >= 11 is 0. The van der Waals surface area contributed by atoms with Gasteiger partial charge in [0.1, 0.15) is 11.2 Å². The van der Waals surface area contributed by atoms with Gasteiger partial charge in [0.2, 0.25) is 0 Å². The molecule has 0 aliphatic rings. The number of hydrogen-bond acceptors (Lipinski definition) is 7. The maximum absolute atomic E-state index is 13.6. The summed E-state index contributed by atoms with van der Waals surface area (Å²) in [6.07, 6.45) is 15.7. The van der Waals surface area contributed by atoms with Crippen molar-refractivity contribution in [2.45, 2.75) is 6.42 Å². The molecule has 38 heavy (non-hydrogen) atoms. The first-order chi connectivity index (χ1) is 18.6. The van der Waals surface area contributed by atoms with E-state index >= 15 is 0 Å². The molecule has 0 aliphatic carbocycles. The standard InChI is InChI=1S/C30H23N5O3/c1-38-28(36)12-11-24-15-23(19-32-20-24)10-9-21-5-2-7-25(16-21)35-29-26(8-4-14-33-29)34-27(30(35)37)17-22-6-3-13-31-18-22/h2-16,18-20H,17H2,1H3/b10-9+,12-11+. The second kappa shape index (κ2) is 11.2. The third kappa shape index (κ3) is 5.60. The lowest BCUT2D eigenvalue weighted by Gasteiger charge is -2.12. The average Bonchev–Trinajstić information content (AvgIpc) is 2.96. The molecule has 0 fully saturated rings. The number of hydrogen-bond donors (Lipinski definition) is 0. The number of pyridine rings is 3. The molecule has 0 aliphatic heterocycles. The Bertz CT molecular complexity index is 1730.